The first kappa shape index (κ1) is 73.8. The number of aliphatic hydroxyl groups is 3. The molecule has 3 unspecified atom stereocenters. The standard InChI is InChI=1S/C18H35NO5.C7H9NO2S.2C7H8O3S.C6H13NO2.C6H14O2/c1-13(2)11-15(19)17(21)23-9-7-5-6-8-10-24-18(22)16(20)12-14(3)4;3*1-6-2-4-7(5-3-6)11(8,9)10;1-4(2)3-5(7)6(8)9;7-5-3-1-2-4-6-8/h13-16,20H,5-12,19H2,1-4H3;2-5H,1H3,(H2,8,9,10);2*2-5H,1H3,(H,8,9,10);4-5H,3,7H2,1-2H3,(H,8,9);7-8H,1-6H2. The second-order valence-electron chi connectivity index (χ2n) is 18.5. The minimum absolute atomic E-state index is 0.0666. The van der Waals surface area contributed by atoms with E-state index in [0.29, 0.717) is 44.3 Å². The van der Waals surface area contributed by atoms with E-state index in [1.165, 1.54) is 36.4 Å². The molecule has 0 bridgehead atoms. The first-order chi connectivity index (χ1) is 34.2. The normalized spacial score (nSPS) is 12.3. The predicted octanol–water partition coefficient (Wildman–Crippen LogP) is 6.52. The lowest BCUT2D eigenvalue weighted by atomic mass is 10.1. The number of nitrogens with two attached hydrogens (primary N) is 3. The Morgan fingerprint density at radius 1 is 0.486 bits per heavy atom. The van der Waals surface area contributed by atoms with Crippen LogP contribution in [0.2, 0.25) is 0 Å². The van der Waals surface area contributed by atoms with Gasteiger partial charge in [0.05, 0.1) is 27.9 Å². The largest absolute Gasteiger partial charge is 0.480 e. The van der Waals surface area contributed by atoms with Crippen molar-refractivity contribution in [2.75, 3.05) is 26.4 Å². The molecule has 3 aromatic rings. The van der Waals surface area contributed by atoms with Gasteiger partial charge in [0.2, 0.25) is 10.0 Å². The van der Waals surface area contributed by atoms with Crippen LogP contribution in [0.1, 0.15) is 129 Å². The summed E-state index contributed by atoms with van der Waals surface area (Å²) in [6, 6.07) is 17.1. The fourth-order valence-electron chi connectivity index (χ4n) is 5.59. The van der Waals surface area contributed by atoms with Crippen LogP contribution in [0, 0.1) is 38.5 Å². The minimum Gasteiger partial charge on any atom is -0.480 e. The summed E-state index contributed by atoms with van der Waals surface area (Å²) < 4.78 is 90.7. The zero-order valence-electron chi connectivity index (χ0n) is 44.6. The monoisotopic (exact) mass is 1110 g/mol. The molecule has 0 aliphatic rings. The molecule has 0 saturated heterocycles. The summed E-state index contributed by atoms with van der Waals surface area (Å²) in [4.78, 5) is 33.2. The van der Waals surface area contributed by atoms with Crippen LogP contribution in [0.25, 0.3) is 0 Å². The molecule has 0 fully saturated rings. The maximum Gasteiger partial charge on any atom is 0.334 e. The summed E-state index contributed by atoms with van der Waals surface area (Å²) in [7, 11) is -11.6. The fraction of sp³-hybridized carbons (Fsp3) is 0.588. The molecule has 23 heteroatoms. The second kappa shape index (κ2) is 40.9. The van der Waals surface area contributed by atoms with E-state index in [4.69, 9.17) is 50.5 Å². The van der Waals surface area contributed by atoms with Gasteiger partial charge >= 0.3 is 17.9 Å². The zero-order valence-corrected chi connectivity index (χ0v) is 47.1. The van der Waals surface area contributed by atoms with Crippen molar-refractivity contribution in [1.82, 2.24) is 0 Å². The number of aliphatic hydroxyl groups excluding tert-OH is 3. The van der Waals surface area contributed by atoms with Crippen molar-refractivity contribution < 1.29 is 78.6 Å². The number of aliphatic carboxylic acids is 1. The van der Waals surface area contributed by atoms with Gasteiger partial charge in [-0.1, -0.05) is 107 Å². The first-order valence-corrected chi connectivity index (χ1v) is 28.8. The molecule has 12 N–H and O–H groups in total. The highest BCUT2D eigenvalue weighted by atomic mass is 32.2. The Bertz CT molecular complexity index is 2080. The number of hydrogen-bond donors (Lipinski definition) is 9. The highest BCUT2D eigenvalue weighted by Gasteiger charge is 2.18. The van der Waals surface area contributed by atoms with E-state index >= 15 is 0 Å². The van der Waals surface area contributed by atoms with Gasteiger partial charge in [0.1, 0.15) is 12.1 Å². The molecule has 0 saturated carbocycles. The number of primary sulfonamides is 1. The third kappa shape index (κ3) is 42.9. The molecule has 0 spiro atoms. The molecule has 74 heavy (non-hydrogen) atoms. The molecule has 0 amide bonds. The maximum absolute atomic E-state index is 11.6. The van der Waals surface area contributed by atoms with Crippen LogP contribution in [-0.2, 0) is 54.1 Å². The van der Waals surface area contributed by atoms with Gasteiger partial charge in [-0.3, -0.25) is 18.7 Å². The molecule has 3 atom stereocenters. The van der Waals surface area contributed by atoms with E-state index in [2.05, 4.69) is 0 Å². The van der Waals surface area contributed by atoms with Crippen LogP contribution in [0.4, 0.5) is 0 Å². The van der Waals surface area contributed by atoms with E-state index < -0.39 is 60.4 Å². The molecule has 426 valence electrons. The third-order valence-corrected chi connectivity index (χ3v) is 12.3. The Morgan fingerprint density at radius 3 is 1.05 bits per heavy atom. The van der Waals surface area contributed by atoms with Crippen molar-refractivity contribution in [2.45, 2.75) is 166 Å². The molecule has 3 aromatic carbocycles. The maximum atomic E-state index is 11.6. The first-order valence-electron chi connectivity index (χ1n) is 24.3. The van der Waals surface area contributed by atoms with Gasteiger partial charge in [0.25, 0.3) is 20.2 Å². The summed E-state index contributed by atoms with van der Waals surface area (Å²) in [6.45, 7) is 18.6. The smallest absolute Gasteiger partial charge is 0.334 e. The summed E-state index contributed by atoms with van der Waals surface area (Å²) in [6.07, 6.45) is 7.67. The Morgan fingerprint density at radius 2 is 0.784 bits per heavy atom. The Balaban J connectivity index is -0.000000861. The number of aryl methyl sites for hydroxylation is 3. The molecule has 0 aliphatic heterocycles. The molecule has 0 radical (unpaired) electrons. The molecular formula is C51H87N3O17S3. The van der Waals surface area contributed by atoms with E-state index in [0.717, 1.165) is 68.1 Å². The van der Waals surface area contributed by atoms with Gasteiger partial charge in [-0.25, -0.2) is 18.4 Å². The molecule has 0 aliphatic carbocycles. The van der Waals surface area contributed by atoms with Crippen LogP contribution in [0.5, 0.6) is 0 Å². The highest BCUT2D eigenvalue weighted by molar-refractivity contribution is 7.89. The number of carboxylic acids is 1. The van der Waals surface area contributed by atoms with Gasteiger partial charge in [-0.05, 0) is 133 Å². The van der Waals surface area contributed by atoms with Crippen LogP contribution < -0.4 is 16.6 Å². The Kier molecular flexibility index (Phi) is 40.8. The fourth-order valence-corrected chi connectivity index (χ4v) is 7.06. The molecule has 0 heterocycles. The van der Waals surface area contributed by atoms with Crippen molar-refractivity contribution in [3.8, 4) is 0 Å². The van der Waals surface area contributed by atoms with E-state index in [-0.39, 0.29) is 39.8 Å². The molecule has 0 aromatic heterocycles. The number of esters is 2. The summed E-state index contributed by atoms with van der Waals surface area (Å²) >= 11 is 0. The average Bonchev–Trinajstić information content (AvgIpc) is 3.28. The zero-order chi connectivity index (χ0) is 57.7. The number of carboxylic acid groups (broad SMARTS) is 1. The van der Waals surface area contributed by atoms with Crippen LogP contribution in [-0.4, -0.2) is 117 Å². The molecule has 20 nitrogen and oxygen atoms in total. The number of unbranched alkanes of at least 4 members (excludes halogenated alkanes) is 6. The SMILES string of the molecule is CC(C)CC(N)C(=O)O.CC(C)CC(N)C(=O)OCCCCCCOC(=O)C(O)CC(C)C.Cc1ccc(S(=O)(=O)O)cc1.Cc1ccc(S(=O)(=O)O)cc1.Cc1ccc(S(N)(=O)=O)cc1.OCCCCCCO. The lowest BCUT2D eigenvalue weighted by Crippen LogP contribution is -2.33. The minimum atomic E-state index is -4.02. The summed E-state index contributed by atoms with van der Waals surface area (Å²) in [5.41, 5.74) is 13.9. The van der Waals surface area contributed by atoms with E-state index in [9.17, 15) is 44.7 Å². The molecule has 3 rings (SSSR count). The summed E-state index contributed by atoms with van der Waals surface area (Å²) in [5, 5.41) is 39.4. The van der Waals surface area contributed by atoms with Crippen molar-refractivity contribution >= 4 is 48.2 Å². The number of rotatable bonds is 24. The lowest BCUT2D eigenvalue weighted by Gasteiger charge is -2.13. The quantitative estimate of drug-likeness (QED) is 0.0262. The third-order valence-electron chi connectivity index (χ3n) is 9.62. The number of sulfonamides is 1. The van der Waals surface area contributed by atoms with Gasteiger partial charge < -0.3 is 41.4 Å². The number of ether oxygens (including phenoxy) is 2. The lowest BCUT2D eigenvalue weighted by molar-refractivity contribution is -0.154. The number of carbonyl (C=O) groups is 3. The number of benzene rings is 3. The van der Waals surface area contributed by atoms with Gasteiger partial charge in [-0.15, -0.1) is 0 Å². The Labute approximate surface area is 441 Å². The van der Waals surface area contributed by atoms with Gasteiger partial charge in [0.15, 0.2) is 6.10 Å². The van der Waals surface area contributed by atoms with Gasteiger partial charge in [-0.2, -0.15) is 16.8 Å². The van der Waals surface area contributed by atoms with Crippen molar-refractivity contribution in [1.29, 1.82) is 0 Å². The number of hydrogen-bond acceptors (Lipinski definition) is 16. The second-order valence-corrected chi connectivity index (χ2v) is 22.9. The van der Waals surface area contributed by atoms with Crippen LogP contribution >= 0.6 is 0 Å². The van der Waals surface area contributed by atoms with E-state index in [1.54, 1.807) is 36.4 Å². The molecular weight excluding hydrogens is 1020 g/mol. The van der Waals surface area contributed by atoms with Crippen LogP contribution in [0.15, 0.2) is 87.5 Å². The van der Waals surface area contributed by atoms with E-state index in [1.807, 2.05) is 62.3 Å². The van der Waals surface area contributed by atoms with Crippen molar-refractivity contribution in [2.24, 2.45) is 34.4 Å². The van der Waals surface area contributed by atoms with Crippen molar-refractivity contribution in [3.05, 3.63) is 89.5 Å². The topological polar surface area (TPSA) is 372 Å². The summed E-state index contributed by atoms with van der Waals surface area (Å²) in [5.74, 6) is -0.813. The van der Waals surface area contributed by atoms with Crippen LogP contribution in [0.3, 0.4) is 0 Å². The highest BCUT2D eigenvalue weighted by Crippen LogP contribution is 2.12. The Hall–Kier alpha value is -4.40. The number of carbonyl (C=O) groups excluding carboxylic acids is 2. The predicted molar refractivity (Wildman–Crippen MR) is 286 cm³/mol. The van der Waals surface area contributed by atoms with Crippen molar-refractivity contribution in [3.63, 3.8) is 0 Å². The average molecular weight is 1110 g/mol. The van der Waals surface area contributed by atoms with Gasteiger partial charge in [0, 0.05) is 13.2 Å².